The first-order chi connectivity index (χ1) is 19.9. The third-order valence-corrected chi connectivity index (χ3v) is 7.94. The zero-order valence-electron chi connectivity index (χ0n) is 21.5. The summed E-state index contributed by atoms with van der Waals surface area (Å²) in [5.74, 6) is 1.25. The Labute approximate surface area is 231 Å². The maximum atomic E-state index is 5.10. The smallest absolute Gasteiger partial charge is 0.199 e. The summed E-state index contributed by atoms with van der Waals surface area (Å²) >= 11 is 0. The molecule has 0 spiro atoms. The minimum Gasteiger partial charge on any atom is -0.289 e. The van der Waals surface area contributed by atoms with E-state index in [9.17, 15) is 0 Å². The normalized spacial score (nSPS) is 13.2. The van der Waals surface area contributed by atoms with Crippen molar-refractivity contribution >= 4 is 11.0 Å². The van der Waals surface area contributed by atoms with Crippen molar-refractivity contribution in [1.82, 2.24) is 24.5 Å². The lowest BCUT2D eigenvalue weighted by atomic mass is 9.63. The molecule has 0 fully saturated rings. The Morgan fingerprint density at radius 2 is 1.20 bits per heavy atom. The second kappa shape index (κ2) is 8.82. The summed E-state index contributed by atoms with van der Waals surface area (Å²) in [5, 5.41) is 0. The van der Waals surface area contributed by atoms with Gasteiger partial charge in [-0.3, -0.25) is 4.57 Å². The van der Waals surface area contributed by atoms with E-state index in [1.807, 2.05) is 0 Å². The number of rotatable bonds is 4. The second-order valence-corrected chi connectivity index (χ2v) is 9.99. The molecular formula is C35H23N5. The zero-order valence-corrected chi connectivity index (χ0v) is 21.5. The monoisotopic (exact) mass is 513 g/mol. The van der Waals surface area contributed by atoms with Crippen molar-refractivity contribution in [2.75, 3.05) is 0 Å². The van der Waals surface area contributed by atoms with Crippen LogP contribution in [0.2, 0.25) is 0 Å². The van der Waals surface area contributed by atoms with Crippen molar-refractivity contribution in [2.45, 2.75) is 5.41 Å². The van der Waals surface area contributed by atoms with Crippen LogP contribution in [0.25, 0.3) is 39.5 Å². The molecule has 0 atom stereocenters. The number of benzene rings is 5. The molecule has 0 unspecified atom stereocenters. The molecule has 188 valence electrons. The molecular weight excluding hydrogens is 490 g/mol. The summed E-state index contributed by atoms with van der Waals surface area (Å²) in [6.07, 6.45) is 3.05. The Balaban J connectivity index is 1.58. The molecule has 5 nitrogen and oxygen atoms in total. The quantitative estimate of drug-likeness (QED) is 0.249. The van der Waals surface area contributed by atoms with Crippen molar-refractivity contribution in [3.63, 3.8) is 0 Å². The number of imidazole rings is 1. The first kappa shape index (κ1) is 22.6. The molecule has 5 heteroatoms. The van der Waals surface area contributed by atoms with E-state index in [0.717, 1.165) is 22.3 Å². The van der Waals surface area contributed by atoms with Crippen molar-refractivity contribution in [3.8, 4) is 28.5 Å². The van der Waals surface area contributed by atoms with Crippen LogP contribution in [-0.2, 0) is 5.41 Å². The molecule has 0 N–H and O–H groups in total. The van der Waals surface area contributed by atoms with Crippen LogP contribution < -0.4 is 0 Å². The van der Waals surface area contributed by atoms with Crippen LogP contribution in [0.3, 0.4) is 0 Å². The summed E-state index contributed by atoms with van der Waals surface area (Å²) in [6.45, 7) is 0. The van der Waals surface area contributed by atoms with Crippen LogP contribution >= 0.6 is 0 Å². The van der Waals surface area contributed by atoms with Gasteiger partial charge in [0.25, 0.3) is 0 Å². The Kier molecular flexibility index (Phi) is 4.97. The Hall–Kier alpha value is -5.42. The molecule has 0 saturated carbocycles. The molecule has 0 radical (unpaired) electrons. The summed E-state index contributed by atoms with van der Waals surface area (Å²) in [6, 6.07) is 45.4. The molecule has 3 heterocycles. The number of para-hydroxylation sites is 1. The van der Waals surface area contributed by atoms with Gasteiger partial charge in [-0.1, -0.05) is 109 Å². The molecule has 5 aromatic carbocycles. The largest absolute Gasteiger partial charge is 0.289 e. The second-order valence-electron chi connectivity index (χ2n) is 9.99. The molecule has 1 aliphatic rings. The van der Waals surface area contributed by atoms with Crippen LogP contribution in [0.1, 0.15) is 22.3 Å². The number of aromatic nitrogens is 5. The minimum atomic E-state index is -0.575. The fourth-order valence-electron chi connectivity index (χ4n) is 6.32. The lowest BCUT2D eigenvalue weighted by Crippen LogP contribution is -2.35. The third-order valence-electron chi connectivity index (χ3n) is 7.94. The zero-order chi connectivity index (χ0) is 26.5. The molecule has 8 rings (SSSR count). The van der Waals surface area contributed by atoms with Gasteiger partial charge in [0.2, 0.25) is 0 Å². The molecule has 0 saturated heterocycles. The van der Waals surface area contributed by atoms with E-state index in [-0.39, 0.29) is 0 Å². The first-order valence-corrected chi connectivity index (χ1v) is 13.3. The van der Waals surface area contributed by atoms with E-state index < -0.39 is 5.41 Å². The van der Waals surface area contributed by atoms with Gasteiger partial charge >= 0.3 is 0 Å². The predicted octanol–water partition coefficient (Wildman–Crippen LogP) is 7.24. The van der Waals surface area contributed by atoms with Gasteiger partial charge in [-0.2, -0.15) is 0 Å². The van der Waals surface area contributed by atoms with E-state index >= 15 is 0 Å². The van der Waals surface area contributed by atoms with Gasteiger partial charge in [0.15, 0.2) is 11.6 Å². The molecule has 1 aliphatic heterocycles. The van der Waals surface area contributed by atoms with E-state index in [1.54, 1.807) is 0 Å². The standard InChI is InChI=1S/C35H23N5/c1-4-11-24(12-5-1)25-19-20-31-29(21-25)35(26-13-6-2-7-14-26,27-15-8-3-9-16-27)28-17-10-18-30-32(28)40(31)34(39-30)33-37-22-36-23-38-33/h1-23H. The number of nitrogens with zero attached hydrogens (tertiary/aromatic N) is 5. The van der Waals surface area contributed by atoms with Crippen LogP contribution in [0.15, 0.2) is 140 Å². The maximum Gasteiger partial charge on any atom is 0.199 e. The summed E-state index contributed by atoms with van der Waals surface area (Å²) in [4.78, 5) is 18.1. The van der Waals surface area contributed by atoms with Gasteiger partial charge in [-0.05, 0) is 51.6 Å². The van der Waals surface area contributed by atoms with Crippen LogP contribution in [0, 0.1) is 0 Å². The van der Waals surface area contributed by atoms with Gasteiger partial charge < -0.3 is 0 Å². The van der Waals surface area contributed by atoms with Crippen molar-refractivity contribution in [2.24, 2.45) is 0 Å². The maximum absolute atomic E-state index is 5.10. The third kappa shape index (κ3) is 3.15. The van der Waals surface area contributed by atoms with Crippen molar-refractivity contribution < 1.29 is 0 Å². The fourth-order valence-corrected chi connectivity index (χ4v) is 6.32. The Morgan fingerprint density at radius 1 is 0.550 bits per heavy atom. The molecule has 7 aromatic rings. The Morgan fingerprint density at radius 3 is 1.88 bits per heavy atom. The van der Waals surface area contributed by atoms with E-state index in [2.05, 4.69) is 147 Å². The molecule has 2 aromatic heterocycles. The molecule has 40 heavy (non-hydrogen) atoms. The first-order valence-electron chi connectivity index (χ1n) is 13.3. The van der Waals surface area contributed by atoms with Crippen molar-refractivity contribution in [3.05, 3.63) is 162 Å². The molecule has 0 bridgehead atoms. The predicted molar refractivity (Wildman–Crippen MR) is 157 cm³/mol. The summed E-state index contributed by atoms with van der Waals surface area (Å²) in [5.41, 5.74) is 9.54. The fraction of sp³-hybridized carbons (Fsp3) is 0.0286. The highest BCUT2D eigenvalue weighted by molar-refractivity contribution is 5.92. The van der Waals surface area contributed by atoms with Gasteiger partial charge in [0.05, 0.1) is 22.1 Å². The minimum absolute atomic E-state index is 0.544. The van der Waals surface area contributed by atoms with Crippen LogP contribution in [0.4, 0.5) is 0 Å². The number of fused-ring (bicyclic) bond motifs is 2. The highest BCUT2D eigenvalue weighted by Gasteiger charge is 2.45. The van der Waals surface area contributed by atoms with Gasteiger partial charge in [-0.25, -0.2) is 19.9 Å². The Bertz CT molecular complexity index is 1940. The van der Waals surface area contributed by atoms with Gasteiger partial charge in [0, 0.05) is 0 Å². The molecule has 0 aliphatic carbocycles. The number of hydrogen-bond donors (Lipinski definition) is 0. The highest BCUT2D eigenvalue weighted by atomic mass is 15.1. The topological polar surface area (TPSA) is 56.5 Å². The van der Waals surface area contributed by atoms with E-state index in [0.29, 0.717) is 11.6 Å². The van der Waals surface area contributed by atoms with Gasteiger partial charge in [0.1, 0.15) is 12.7 Å². The summed E-state index contributed by atoms with van der Waals surface area (Å²) < 4.78 is 2.23. The lowest BCUT2D eigenvalue weighted by Gasteiger charge is -2.41. The highest BCUT2D eigenvalue weighted by Crippen LogP contribution is 2.53. The van der Waals surface area contributed by atoms with Gasteiger partial charge in [-0.15, -0.1) is 0 Å². The SMILES string of the molecule is c1ccc(-c2ccc3c(c2)C(c2ccccc2)(c2ccccc2)c2cccc4nc(-c5ncncn5)n-3c24)cc1. The summed E-state index contributed by atoms with van der Waals surface area (Å²) in [7, 11) is 0. The lowest BCUT2D eigenvalue weighted by molar-refractivity contribution is 0.725. The average molecular weight is 514 g/mol. The average Bonchev–Trinajstić information content (AvgIpc) is 3.44. The molecule has 0 amide bonds. The van der Waals surface area contributed by atoms with Crippen molar-refractivity contribution in [1.29, 1.82) is 0 Å². The van der Waals surface area contributed by atoms with E-state index in [1.165, 1.54) is 40.5 Å². The van der Waals surface area contributed by atoms with Crippen LogP contribution in [0.5, 0.6) is 0 Å². The number of hydrogen-bond acceptors (Lipinski definition) is 4. The van der Waals surface area contributed by atoms with E-state index in [4.69, 9.17) is 4.98 Å². The van der Waals surface area contributed by atoms with Crippen LogP contribution in [-0.4, -0.2) is 24.5 Å².